The van der Waals surface area contributed by atoms with Gasteiger partial charge in [-0.15, -0.1) is 5.10 Å². The van der Waals surface area contributed by atoms with E-state index in [-0.39, 0.29) is 29.5 Å². The number of carbonyl (C=O) groups excluding carboxylic acids is 2. The third-order valence-corrected chi connectivity index (χ3v) is 7.98. The fourth-order valence-electron chi connectivity index (χ4n) is 5.57. The Bertz CT molecular complexity index is 1380. The molecule has 3 aromatic heterocycles. The van der Waals surface area contributed by atoms with Crippen molar-refractivity contribution in [2.75, 3.05) is 42.1 Å². The Balaban J connectivity index is 1.08. The number of urea groups is 1. The summed E-state index contributed by atoms with van der Waals surface area (Å²) in [5.41, 5.74) is 1.56. The molecule has 5 N–H and O–H groups in total. The number of hydrogen-bond donors (Lipinski definition) is 5. The molecular formula is C28H37FN10O2. The largest absolute Gasteiger partial charge is 0.379 e. The number of imidazole rings is 1. The van der Waals surface area contributed by atoms with Gasteiger partial charge in [0, 0.05) is 43.5 Å². The van der Waals surface area contributed by atoms with E-state index in [0.29, 0.717) is 24.1 Å². The minimum Gasteiger partial charge on any atom is -0.379 e. The van der Waals surface area contributed by atoms with E-state index < -0.39 is 11.7 Å². The zero-order valence-corrected chi connectivity index (χ0v) is 23.0. The smallest absolute Gasteiger partial charge is 0.315 e. The van der Waals surface area contributed by atoms with Crippen molar-refractivity contribution in [2.24, 2.45) is 0 Å². The molecule has 218 valence electrons. The number of amides is 3. The highest BCUT2D eigenvalue weighted by molar-refractivity contribution is 6.03. The van der Waals surface area contributed by atoms with Crippen LogP contribution in [0.3, 0.4) is 0 Å². The summed E-state index contributed by atoms with van der Waals surface area (Å²) in [6.45, 7) is 3.82. The Labute approximate surface area is 237 Å². The maximum Gasteiger partial charge on any atom is 0.315 e. The van der Waals surface area contributed by atoms with Gasteiger partial charge < -0.3 is 31.5 Å². The summed E-state index contributed by atoms with van der Waals surface area (Å²) in [5.74, 6) is -0.514. The number of carbonyl (C=O) groups is 2. The average Bonchev–Trinajstić information content (AvgIpc) is 3.43. The molecule has 2 aliphatic carbocycles. The molecule has 2 saturated carbocycles. The van der Waals surface area contributed by atoms with E-state index in [1.54, 1.807) is 0 Å². The van der Waals surface area contributed by atoms with E-state index in [9.17, 15) is 14.0 Å². The normalized spacial score (nSPS) is 21.0. The summed E-state index contributed by atoms with van der Waals surface area (Å²) < 4.78 is 15.6. The van der Waals surface area contributed by atoms with Gasteiger partial charge in [-0.05, 0) is 70.5 Å². The number of likely N-dealkylation sites (tertiary alicyclic amines) is 1. The Kier molecular flexibility index (Phi) is 8.12. The van der Waals surface area contributed by atoms with E-state index in [1.165, 1.54) is 35.8 Å². The lowest BCUT2D eigenvalue weighted by molar-refractivity contribution is 0.102. The molecule has 41 heavy (non-hydrogen) atoms. The SMILES string of the molecule is O=C(NCCN1CCCC1)N[C@H]1CC[C@H](Nc2cc(NC3CC3)c3ncc(C(=O)Nc4ccncc4F)n3n2)CC1. The molecule has 6 rings (SSSR count). The summed E-state index contributed by atoms with van der Waals surface area (Å²) in [6, 6.07) is 3.93. The van der Waals surface area contributed by atoms with Gasteiger partial charge in [0.25, 0.3) is 5.91 Å². The van der Waals surface area contributed by atoms with Gasteiger partial charge in [0.2, 0.25) is 0 Å². The van der Waals surface area contributed by atoms with Crippen molar-refractivity contribution in [2.45, 2.75) is 69.5 Å². The van der Waals surface area contributed by atoms with Crippen LogP contribution in [0.2, 0.25) is 0 Å². The van der Waals surface area contributed by atoms with Crippen LogP contribution >= 0.6 is 0 Å². The van der Waals surface area contributed by atoms with E-state index in [4.69, 9.17) is 0 Å². The number of aromatic nitrogens is 4. The summed E-state index contributed by atoms with van der Waals surface area (Å²) in [5, 5.41) is 20.4. The first-order valence-electron chi connectivity index (χ1n) is 14.6. The molecule has 0 atom stereocenters. The van der Waals surface area contributed by atoms with E-state index in [2.05, 4.69) is 46.6 Å². The molecule has 3 amide bonds. The molecule has 13 heteroatoms. The summed E-state index contributed by atoms with van der Waals surface area (Å²) in [6.07, 6.45) is 12.0. The third-order valence-electron chi connectivity index (χ3n) is 7.98. The van der Waals surface area contributed by atoms with Crippen molar-refractivity contribution in [3.8, 4) is 0 Å². The second-order valence-electron chi connectivity index (χ2n) is 11.2. The van der Waals surface area contributed by atoms with Crippen LogP contribution in [0.15, 0.2) is 30.7 Å². The van der Waals surface area contributed by atoms with Crippen LogP contribution in [0.4, 0.5) is 26.4 Å². The molecule has 3 aliphatic rings. The molecule has 0 spiro atoms. The van der Waals surface area contributed by atoms with Gasteiger partial charge >= 0.3 is 6.03 Å². The minimum atomic E-state index is -0.620. The van der Waals surface area contributed by atoms with E-state index >= 15 is 0 Å². The minimum absolute atomic E-state index is 0.0381. The third kappa shape index (κ3) is 6.84. The first-order chi connectivity index (χ1) is 20.0. The number of rotatable bonds is 10. The van der Waals surface area contributed by atoms with Crippen molar-refractivity contribution < 1.29 is 14.0 Å². The lowest BCUT2D eigenvalue weighted by Crippen LogP contribution is -2.46. The Morgan fingerprint density at radius 1 is 0.951 bits per heavy atom. The van der Waals surface area contributed by atoms with Gasteiger partial charge in [0.15, 0.2) is 17.2 Å². The summed E-state index contributed by atoms with van der Waals surface area (Å²) >= 11 is 0. The molecule has 4 heterocycles. The predicted octanol–water partition coefficient (Wildman–Crippen LogP) is 3.21. The monoisotopic (exact) mass is 564 g/mol. The standard InChI is InChI=1S/C28H37FN10O2/c29-21-16-30-10-9-22(21)36-27(40)24-17-32-26-23(33-18-3-4-18)15-25(37-39(24)26)34-19-5-7-20(8-6-19)35-28(41)31-11-14-38-12-1-2-13-38/h9-10,15-20,33H,1-8,11-14H2,(H,34,37)(H,30,36,40)(H2,31,35,41)/t19-,20-. The van der Waals surface area contributed by atoms with Crippen molar-refractivity contribution in [3.05, 3.63) is 42.2 Å². The molecule has 0 bridgehead atoms. The molecule has 0 unspecified atom stereocenters. The average molecular weight is 565 g/mol. The van der Waals surface area contributed by atoms with Crippen LogP contribution in [0.1, 0.15) is 61.9 Å². The van der Waals surface area contributed by atoms with Gasteiger partial charge in [-0.25, -0.2) is 18.7 Å². The number of nitrogens with zero attached hydrogens (tertiary/aromatic N) is 5. The quantitative estimate of drug-likeness (QED) is 0.253. The van der Waals surface area contributed by atoms with Gasteiger partial charge in [-0.1, -0.05) is 0 Å². The number of hydrogen-bond acceptors (Lipinski definition) is 8. The van der Waals surface area contributed by atoms with Crippen LogP contribution in [-0.4, -0.2) is 80.7 Å². The highest BCUT2D eigenvalue weighted by Gasteiger charge is 2.26. The van der Waals surface area contributed by atoms with E-state index in [0.717, 1.165) is 70.0 Å². The molecule has 0 aromatic carbocycles. The zero-order chi connectivity index (χ0) is 28.2. The summed E-state index contributed by atoms with van der Waals surface area (Å²) in [4.78, 5) is 36.0. The fourth-order valence-corrected chi connectivity index (χ4v) is 5.57. The fraction of sp³-hybridized carbons (Fsp3) is 0.536. The lowest BCUT2D eigenvalue weighted by Gasteiger charge is -2.30. The second kappa shape index (κ2) is 12.2. The number of fused-ring (bicyclic) bond motifs is 1. The van der Waals surface area contributed by atoms with E-state index in [1.807, 2.05) is 6.07 Å². The molecule has 0 radical (unpaired) electrons. The van der Waals surface area contributed by atoms with Crippen LogP contribution in [0.5, 0.6) is 0 Å². The van der Waals surface area contributed by atoms with Crippen molar-refractivity contribution in [3.63, 3.8) is 0 Å². The molecule has 3 aromatic rings. The molecule has 3 fully saturated rings. The van der Waals surface area contributed by atoms with Crippen LogP contribution < -0.4 is 26.6 Å². The first-order valence-corrected chi connectivity index (χ1v) is 14.6. The number of nitrogens with one attached hydrogen (secondary N) is 5. The van der Waals surface area contributed by atoms with Crippen molar-refractivity contribution in [1.29, 1.82) is 0 Å². The molecule has 1 aliphatic heterocycles. The van der Waals surface area contributed by atoms with Crippen molar-refractivity contribution >= 4 is 34.8 Å². The zero-order valence-electron chi connectivity index (χ0n) is 23.0. The Morgan fingerprint density at radius 3 is 2.44 bits per heavy atom. The van der Waals surface area contributed by atoms with Gasteiger partial charge in [-0.3, -0.25) is 9.78 Å². The number of pyridine rings is 1. The maximum atomic E-state index is 14.1. The second-order valence-corrected chi connectivity index (χ2v) is 11.2. The Hall–Kier alpha value is -4.00. The number of halogens is 1. The van der Waals surface area contributed by atoms with Crippen LogP contribution in [-0.2, 0) is 0 Å². The first kappa shape index (κ1) is 27.2. The van der Waals surface area contributed by atoms with Crippen molar-refractivity contribution in [1.82, 2.24) is 35.1 Å². The summed E-state index contributed by atoms with van der Waals surface area (Å²) in [7, 11) is 0. The lowest BCUT2D eigenvalue weighted by atomic mass is 9.91. The van der Waals surface area contributed by atoms with Crippen LogP contribution in [0, 0.1) is 5.82 Å². The highest BCUT2D eigenvalue weighted by atomic mass is 19.1. The van der Waals surface area contributed by atoms with Crippen LogP contribution in [0.25, 0.3) is 5.65 Å². The predicted molar refractivity (Wildman–Crippen MR) is 154 cm³/mol. The van der Waals surface area contributed by atoms with Gasteiger partial charge in [0.1, 0.15) is 5.82 Å². The highest BCUT2D eigenvalue weighted by Crippen LogP contribution is 2.30. The molecular weight excluding hydrogens is 527 g/mol. The van der Waals surface area contributed by atoms with Gasteiger partial charge in [-0.2, -0.15) is 0 Å². The maximum absolute atomic E-state index is 14.1. The molecule has 1 saturated heterocycles. The number of anilines is 3. The molecule has 12 nitrogen and oxygen atoms in total. The Morgan fingerprint density at radius 2 is 1.68 bits per heavy atom. The van der Waals surface area contributed by atoms with Gasteiger partial charge in [0.05, 0.1) is 23.8 Å². The topological polar surface area (TPSA) is 141 Å².